The van der Waals surface area contributed by atoms with E-state index in [0.717, 1.165) is 58.0 Å². The summed E-state index contributed by atoms with van der Waals surface area (Å²) in [6.07, 6.45) is 5.73. The number of carbonyl (C=O) groups is 1. The second-order valence-electron chi connectivity index (χ2n) is 7.23. The molecule has 0 radical (unpaired) electrons. The summed E-state index contributed by atoms with van der Waals surface area (Å²) in [5.74, 6) is 0.697. The summed E-state index contributed by atoms with van der Waals surface area (Å²) in [5.41, 5.74) is 2.37. The molecule has 0 unspecified atom stereocenters. The Morgan fingerprint density at radius 2 is 2.04 bits per heavy atom. The Hall–Kier alpha value is -2.25. The molecule has 0 saturated heterocycles. The molecular formula is C20H22N4O2S. The number of aryl methyl sites for hydroxylation is 1. The van der Waals surface area contributed by atoms with Crippen LogP contribution in [0.25, 0.3) is 21.6 Å². The minimum Gasteiger partial charge on any atom is -0.396 e. The Balaban J connectivity index is 1.51. The van der Waals surface area contributed by atoms with Crippen molar-refractivity contribution in [3.63, 3.8) is 0 Å². The number of pyridine rings is 2. The van der Waals surface area contributed by atoms with Crippen LogP contribution in [-0.2, 0) is 11.2 Å². The van der Waals surface area contributed by atoms with E-state index >= 15 is 0 Å². The topological polar surface area (TPSA) is 88.9 Å². The number of aliphatic hydroxyl groups excluding tert-OH is 1. The van der Waals surface area contributed by atoms with Crippen molar-refractivity contribution in [2.24, 2.45) is 11.8 Å². The van der Waals surface area contributed by atoms with Crippen molar-refractivity contribution < 1.29 is 9.90 Å². The monoisotopic (exact) mass is 382 g/mol. The largest absolute Gasteiger partial charge is 0.396 e. The van der Waals surface area contributed by atoms with Gasteiger partial charge >= 0.3 is 0 Å². The van der Waals surface area contributed by atoms with Gasteiger partial charge in [-0.2, -0.15) is 0 Å². The Labute approximate surface area is 161 Å². The highest BCUT2D eigenvalue weighted by Crippen LogP contribution is 2.30. The number of aliphatic hydroxyl groups is 1. The van der Waals surface area contributed by atoms with E-state index < -0.39 is 0 Å². The van der Waals surface area contributed by atoms with Crippen molar-refractivity contribution in [3.8, 4) is 10.7 Å². The fourth-order valence-corrected chi connectivity index (χ4v) is 4.33. The van der Waals surface area contributed by atoms with E-state index in [0.29, 0.717) is 12.3 Å². The predicted octanol–water partition coefficient (Wildman–Crippen LogP) is 3.37. The number of hydrogen-bond acceptors (Lipinski definition) is 7. The maximum absolute atomic E-state index is 12.7. The molecule has 7 heteroatoms. The van der Waals surface area contributed by atoms with Gasteiger partial charge < -0.3 is 5.11 Å². The molecular weight excluding hydrogens is 360 g/mol. The van der Waals surface area contributed by atoms with Crippen molar-refractivity contribution in [1.29, 1.82) is 0 Å². The first-order valence-corrected chi connectivity index (χ1v) is 10.1. The second kappa shape index (κ2) is 7.78. The van der Waals surface area contributed by atoms with E-state index in [2.05, 4.69) is 20.2 Å². The predicted molar refractivity (Wildman–Crippen MR) is 104 cm³/mol. The molecule has 1 aliphatic carbocycles. The number of rotatable bonds is 5. The summed E-state index contributed by atoms with van der Waals surface area (Å²) < 4.78 is 0. The van der Waals surface area contributed by atoms with E-state index in [4.69, 9.17) is 0 Å². The maximum Gasteiger partial charge on any atom is 0.166 e. The third-order valence-corrected chi connectivity index (χ3v) is 6.15. The molecule has 0 aromatic carbocycles. The molecule has 0 atom stereocenters. The number of hydrogen-bond donors (Lipinski definition) is 1. The van der Waals surface area contributed by atoms with E-state index in [1.54, 1.807) is 6.20 Å². The summed E-state index contributed by atoms with van der Waals surface area (Å²) in [7, 11) is 0. The van der Waals surface area contributed by atoms with Crippen molar-refractivity contribution in [2.45, 2.75) is 39.0 Å². The summed E-state index contributed by atoms with van der Waals surface area (Å²) >= 11 is 1.51. The smallest absolute Gasteiger partial charge is 0.166 e. The van der Waals surface area contributed by atoms with Crippen LogP contribution in [0.3, 0.4) is 0 Å². The average Bonchev–Trinajstić information content (AvgIpc) is 3.14. The summed E-state index contributed by atoms with van der Waals surface area (Å²) in [6.45, 7) is 2.15. The van der Waals surface area contributed by atoms with Gasteiger partial charge in [0.1, 0.15) is 16.5 Å². The third-order valence-electron chi connectivity index (χ3n) is 5.29. The molecule has 0 bridgehead atoms. The van der Waals surface area contributed by atoms with Crippen LogP contribution in [0.15, 0.2) is 24.4 Å². The molecule has 3 aromatic heterocycles. The standard InChI is InChI=1S/C20H22N4O2S/c1-12-23-24-20(27-12)17-7-6-15-10-21-16(8-18(15)22-17)9-19(26)14-4-2-13(11-25)3-5-14/h6-8,10,13-14,25H,2-5,9,11H2,1H3. The Bertz CT molecular complexity index is 964. The molecule has 3 aromatic rings. The van der Waals surface area contributed by atoms with Crippen LogP contribution in [0.5, 0.6) is 0 Å². The Kier molecular flexibility index (Phi) is 5.22. The lowest BCUT2D eigenvalue weighted by molar-refractivity contribution is -0.123. The molecule has 0 amide bonds. The number of fused-ring (bicyclic) bond motifs is 1. The molecule has 3 heterocycles. The van der Waals surface area contributed by atoms with E-state index in [9.17, 15) is 9.90 Å². The van der Waals surface area contributed by atoms with Crippen LogP contribution in [0.2, 0.25) is 0 Å². The summed E-state index contributed by atoms with van der Waals surface area (Å²) in [5, 5.41) is 20.1. The lowest BCUT2D eigenvalue weighted by atomic mass is 9.79. The molecule has 1 fully saturated rings. The highest BCUT2D eigenvalue weighted by Gasteiger charge is 2.26. The van der Waals surface area contributed by atoms with Crippen LogP contribution < -0.4 is 0 Å². The first-order valence-electron chi connectivity index (χ1n) is 9.32. The second-order valence-corrected chi connectivity index (χ2v) is 8.42. The zero-order valence-corrected chi connectivity index (χ0v) is 16.1. The molecule has 1 saturated carbocycles. The van der Waals surface area contributed by atoms with Crippen LogP contribution in [0.1, 0.15) is 36.4 Å². The molecule has 1 aliphatic rings. The molecule has 0 aliphatic heterocycles. The Morgan fingerprint density at radius 3 is 2.74 bits per heavy atom. The van der Waals surface area contributed by atoms with Crippen molar-refractivity contribution in [2.75, 3.05) is 6.61 Å². The number of ketones is 1. The van der Waals surface area contributed by atoms with Crippen molar-refractivity contribution in [1.82, 2.24) is 20.2 Å². The summed E-state index contributed by atoms with van der Waals surface area (Å²) in [4.78, 5) is 21.8. The number of Topliss-reactive ketones (excluding diaryl/α,β-unsaturated/α-hetero) is 1. The molecule has 1 N–H and O–H groups in total. The molecule has 27 heavy (non-hydrogen) atoms. The molecule has 0 spiro atoms. The van der Waals surface area contributed by atoms with E-state index in [-0.39, 0.29) is 18.3 Å². The van der Waals surface area contributed by atoms with Gasteiger partial charge in [-0.25, -0.2) is 4.98 Å². The fraction of sp³-hybridized carbons (Fsp3) is 0.450. The van der Waals surface area contributed by atoms with Crippen molar-refractivity contribution in [3.05, 3.63) is 35.1 Å². The minimum atomic E-state index is 0.0916. The van der Waals surface area contributed by atoms with E-state index in [1.165, 1.54) is 11.3 Å². The van der Waals surface area contributed by atoms with Crippen LogP contribution in [-0.4, -0.2) is 37.7 Å². The zero-order valence-electron chi connectivity index (χ0n) is 15.3. The Morgan fingerprint density at radius 1 is 1.22 bits per heavy atom. The normalized spacial score (nSPS) is 20.1. The lowest BCUT2D eigenvalue weighted by Crippen LogP contribution is -2.24. The summed E-state index contributed by atoms with van der Waals surface area (Å²) in [6, 6.07) is 5.81. The zero-order chi connectivity index (χ0) is 18.8. The van der Waals surface area contributed by atoms with Gasteiger partial charge in [-0.15, -0.1) is 10.2 Å². The third kappa shape index (κ3) is 4.04. The van der Waals surface area contributed by atoms with Gasteiger partial charge in [-0.3, -0.25) is 9.78 Å². The number of carbonyl (C=O) groups excluding carboxylic acids is 1. The van der Waals surface area contributed by atoms with Crippen LogP contribution >= 0.6 is 11.3 Å². The first kappa shape index (κ1) is 18.1. The van der Waals surface area contributed by atoms with Gasteiger partial charge in [0.15, 0.2) is 5.01 Å². The average molecular weight is 382 g/mol. The van der Waals surface area contributed by atoms with Gasteiger partial charge in [0.25, 0.3) is 0 Å². The highest BCUT2D eigenvalue weighted by molar-refractivity contribution is 7.14. The van der Waals surface area contributed by atoms with Crippen LogP contribution in [0, 0.1) is 18.8 Å². The quantitative estimate of drug-likeness (QED) is 0.728. The highest BCUT2D eigenvalue weighted by atomic mass is 32.1. The van der Waals surface area contributed by atoms with E-state index in [1.807, 2.05) is 25.1 Å². The first-order chi connectivity index (χ1) is 13.1. The minimum absolute atomic E-state index is 0.0916. The maximum atomic E-state index is 12.7. The lowest BCUT2D eigenvalue weighted by Gasteiger charge is -2.26. The van der Waals surface area contributed by atoms with Crippen LogP contribution in [0.4, 0.5) is 0 Å². The van der Waals surface area contributed by atoms with Gasteiger partial charge in [-0.1, -0.05) is 11.3 Å². The molecule has 4 rings (SSSR count). The number of aromatic nitrogens is 4. The van der Waals surface area contributed by atoms with Gasteiger partial charge in [0.2, 0.25) is 0 Å². The fourth-order valence-electron chi connectivity index (χ4n) is 3.66. The number of nitrogens with zero attached hydrogens (tertiary/aromatic N) is 4. The van der Waals surface area contributed by atoms with Gasteiger partial charge in [0, 0.05) is 36.2 Å². The van der Waals surface area contributed by atoms with Gasteiger partial charge in [0.05, 0.1) is 5.52 Å². The SMILES string of the molecule is Cc1nnc(-c2ccc3cnc(CC(=O)C4CCC(CO)CC4)cc3n2)s1. The molecule has 6 nitrogen and oxygen atoms in total. The van der Waals surface area contributed by atoms with Gasteiger partial charge in [-0.05, 0) is 56.7 Å². The van der Waals surface area contributed by atoms with Crippen molar-refractivity contribution >= 4 is 28.0 Å². The molecule has 140 valence electrons.